The summed E-state index contributed by atoms with van der Waals surface area (Å²) in [5, 5.41) is 4.87. The lowest BCUT2D eigenvalue weighted by molar-refractivity contribution is -0.135. The fourth-order valence-corrected chi connectivity index (χ4v) is 10.9. The molecule has 312 valence electrons. The Balaban J connectivity index is 1.33. The molecule has 2 aliphatic carbocycles. The van der Waals surface area contributed by atoms with Crippen molar-refractivity contribution in [3.8, 4) is 11.6 Å². The first-order valence-corrected chi connectivity index (χ1v) is 21.8. The molecule has 1 aromatic heterocycles. The number of carbonyl (C=O) groups excluding carboxylic acids is 3. The summed E-state index contributed by atoms with van der Waals surface area (Å²) in [6.45, 7) is 3.33. The standard InChI is InChI=1S/C42H53ClN6O8S/c1-26-23-58(53,46-40(52)32-21-48(4)44-41(32)55-6)45-39(51)28-10-14-37-34(19-28)49(24-42(25-57-37)17-7-8-27-18-30(43)11-13-33(27)42)20-29-9-12-31(29)36(54-5)16-15-35(26)56-22-38(50)47(2)3/h10-11,13-16,18-19,21,26,29,31,35-36H,7-9,12,17,20,22-25H2,1-6H3,(H,45,46,51,52,53)/b16-15-/t26-,29+,31-,35+,36+,42+,58?/m1/s1. The van der Waals surface area contributed by atoms with Crippen LogP contribution in [0.1, 0.15) is 64.4 Å². The third-order valence-electron chi connectivity index (χ3n) is 12.1. The molecule has 7 atom stereocenters. The van der Waals surface area contributed by atoms with Crippen molar-refractivity contribution >= 4 is 44.9 Å². The molecule has 2 aliphatic heterocycles. The van der Waals surface area contributed by atoms with E-state index in [0.29, 0.717) is 30.5 Å². The molecule has 2 bridgehead atoms. The van der Waals surface area contributed by atoms with Gasteiger partial charge in [-0.15, -0.1) is 9.46 Å². The lowest BCUT2D eigenvalue weighted by Crippen LogP contribution is -2.49. The number of carbonyl (C=O) groups is 3. The normalized spacial score (nSPS) is 28.8. The van der Waals surface area contributed by atoms with Crippen molar-refractivity contribution < 1.29 is 37.5 Å². The summed E-state index contributed by atoms with van der Waals surface area (Å²) < 4.78 is 47.6. The highest BCUT2D eigenvalue weighted by molar-refractivity contribution is 7.92. The summed E-state index contributed by atoms with van der Waals surface area (Å²) in [5.74, 6) is -1.58. The number of fused-ring (bicyclic) bond motifs is 4. The van der Waals surface area contributed by atoms with Crippen LogP contribution in [0.4, 0.5) is 5.69 Å². The van der Waals surface area contributed by atoms with Crippen LogP contribution in [0.5, 0.6) is 11.6 Å². The van der Waals surface area contributed by atoms with Gasteiger partial charge >= 0.3 is 0 Å². The van der Waals surface area contributed by atoms with Gasteiger partial charge in [0.1, 0.15) is 27.8 Å². The van der Waals surface area contributed by atoms with Gasteiger partial charge < -0.3 is 28.7 Å². The minimum atomic E-state index is -3.86. The lowest BCUT2D eigenvalue weighted by atomic mass is 9.68. The topological polar surface area (TPSA) is 154 Å². The quantitative estimate of drug-likeness (QED) is 0.313. The smallest absolute Gasteiger partial charge is 0.286 e. The van der Waals surface area contributed by atoms with E-state index in [9.17, 15) is 14.4 Å². The SMILES string of the molecule is COc1nn(C)cc1C(=O)NS1(=O)=NC(=O)c2ccc3c(c2)N(C[C@@H]2CC[C@H]2[C@@H](OC)/C=C\[C@H](OCC(=O)N(C)C)[C@H](C)C1)C[C@@]1(CCCc2cc(Cl)ccc21)CO3. The van der Waals surface area contributed by atoms with E-state index in [1.54, 1.807) is 53.4 Å². The van der Waals surface area contributed by atoms with Crippen LogP contribution in [0.25, 0.3) is 0 Å². The molecule has 14 nitrogen and oxygen atoms in total. The van der Waals surface area contributed by atoms with Crippen LogP contribution in [0.3, 0.4) is 0 Å². The summed E-state index contributed by atoms with van der Waals surface area (Å²) in [6.07, 6.45) is 9.01. The number of aryl methyl sites for hydroxylation is 2. The van der Waals surface area contributed by atoms with Gasteiger partial charge in [0.2, 0.25) is 11.8 Å². The van der Waals surface area contributed by atoms with Crippen molar-refractivity contribution in [2.45, 2.75) is 56.7 Å². The number of benzene rings is 2. The molecule has 1 N–H and O–H groups in total. The number of aromatic nitrogens is 2. The van der Waals surface area contributed by atoms with Gasteiger partial charge in [0.15, 0.2) is 0 Å². The Morgan fingerprint density at radius 2 is 1.91 bits per heavy atom. The Bertz CT molecular complexity index is 2220. The van der Waals surface area contributed by atoms with Crippen LogP contribution in [-0.2, 0) is 43.1 Å². The largest absolute Gasteiger partial charge is 0.490 e. The minimum Gasteiger partial charge on any atom is -0.490 e. The van der Waals surface area contributed by atoms with E-state index in [4.69, 9.17) is 30.5 Å². The molecule has 2 aromatic carbocycles. The molecule has 0 radical (unpaired) electrons. The maximum atomic E-state index is 15.0. The monoisotopic (exact) mass is 836 g/mol. The second kappa shape index (κ2) is 17.0. The summed E-state index contributed by atoms with van der Waals surface area (Å²) in [4.78, 5) is 44.6. The number of rotatable bonds is 7. The molecule has 16 heteroatoms. The third-order valence-corrected chi connectivity index (χ3v) is 14.2. The number of ether oxygens (including phenoxy) is 4. The Morgan fingerprint density at radius 1 is 1.12 bits per heavy atom. The van der Waals surface area contributed by atoms with Gasteiger partial charge in [-0.05, 0) is 85.4 Å². The van der Waals surface area contributed by atoms with Crippen molar-refractivity contribution in [1.82, 2.24) is 19.4 Å². The number of nitrogens with one attached hydrogen (secondary N) is 1. The molecule has 1 fully saturated rings. The fourth-order valence-electron chi connectivity index (χ4n) is 8.82. The predicted octanol–water partition coefficient (Wildman–Crippen LogP) is 5.23. The number of amides is 3. The van der Waals surface area contributed by atoms with Gasteiger partial charge in [0.25, 0.3) is 11.8 Å². The van der Waals surface area contributed by atoms with Gasteiger partial charge in [-0.2, -0.15) is 0 Å². The summed E-state index contributed by atoms with van der Waals surface area (Å²) in [5.41, 5.74) is 3.10. The van der Waals surface area contributed by atoms with Crippen molar-refractivity contribution in [3.05, 3.63) is 82.0 Å². The van der Waals surface area contributed by atoms with Crippen molar-refractivity contribution in [3.63, 3.8) is 0 Å². The highest BCUT2D eigenvalue weighted by atomic mass is 35.5. The zero-order valence-electron chi connectivity index (χ0n) is 33.9. The van der Waals surface area contributed by atoms with Crippen LogP contribution in [0.2, 0.25) is 5.02 Å². The average molecular weight is 837 g/mol. The van der Waals surface area contributed by atoms with Gasteiger partial charge in [-0.3, -0.25) is 23.8 Å². The fraction of sp³-hybridized carbons (Fsp3) is 0.524. The second-order valence-electron chi connectivity index (χ2n) is 16.3. The first kappa shape index (κ1) is 41.7. The molecule has 1 spiro atoms. The van der Waals surface area contributed by atoms with Crippen LogP contribution in [0, 0.1) is 17.8 Å². The Hall–Kier alpha value is -4.44. The van der Waals surface area contributed by atoms with Gasteiger partial charge in [0, 0.05) is 69.5 Å². The number of likely N-dealkylation sites (N-methyl/N-ethyl adjacent to an activating group) is 1. The first-order valence-electron chi connectivity index (χ1n) is 19.7. The van der Waals surface area contributed by atoms with Gasteiger partial charge in [0.05, 0.1) is 37.4 Å². The van der Waals surface area contributed by atoms with Crippen LogP contribution >= 0.6 is 11.6 Å². The minimum absolute atomic E-state index is 0.0223. The summed E-state index contributed by atoms with van der Waals surface area (Å²) in [6, 6.07) is 11.3. The molecular weight excluding hydrogens is 784 g/mol. The lowest BCUT2D eigenvalue weighted by Gasteiger charge is -2.46. The molecule has 3 amide bonds. The maximum absolute atomic E-state index is 15.0. The molecule has 7 rings (SSSR count). The van der Waals surface area contributed by atoms with E-state index in [-0.39, 0.29) is 58.6 Å². The maximum Gasteiger partial charge on any atom is 0.286 e. The molecule has 4 aliphatic rings. The zero-order chi connectivity index (χ0) is 41.4. The predicted molar refractivity (Wildman–Crippen MR) is 221 cm³/mol. The van der Waals surface area contributed by atoms with E-state index in [1.165, 1.54) is 34.0 Å². The van der Waals surface area contributed by atoms with Crippen molar-refractivity contribution in [1.29, 1.82) is 0 Å². The highest BCUT2D eigenvalue weighted by Crippen LogP contribution is 2.47. The molecule has 58 heavy (non-hydrogen) atoms. The number of hydrogen-bond donors (Lipinski definition) is 1. The summed E-state index contributed by atoms with van der Waals surface area (Å²) >= 11 is 6.48. The molecule has 0 saturated heterocycles. The Labute approximate surface area is 345 Å². The number of anilines is 1. The highest BCUT2D eigenvalue weighted by Gasteiger charge is 2.44. The van der Waals surface area contributed by atoms with Crippen LogP contribution < -0.4 is 19.1 Å². The molecule has 3 heterocycles. The Kier molecular flexibility index (Phi) is 12.3. The second-order valence-corrected chi connectivity index (χ2v) is 18.7. The van der Waals surface area contributed by atoms with E-state index in [2.05, 4.69) is 31.2 Å². The first-order chi connectivity index (χ1) is 27.7. The molecule has 1 unspecified atom stereocenters. The average Bonchev–Trinajstić information content (AvgIpc) is 3.50. The van der Waals surface area contributed by atoms with Crippen LogP contribution in [0.15, 0.2) is 59.1 Å². The third kappa shape index (κ3) is 8.63. The number of hydrogen-bond acceptors (Lipinski definition) is 10. The Morgan fingerprint density at radius 3 is 2.64 bits per heavy atom. The van der Waals surface area contributed by atoms with Crippen molar-refractivity contribution in [2.75, 3.05) is 65.3 Å². The zero-order valence-corrected chi connectivity index (χ0v) is 35.5. The van der Waals surface area contributed by atoms with Gasteiger partial charge in [-0.1, -0.05) is 36.7 Å². The molecular formula is C42H53ClN6O8S. The van der Waals surface area contributed by atoms with E-state index < -0.39 is 33.8 Å². The van der Waals surface area contributed by atoms with E-state index >= 15 is 4.21 Å². The van der Waals surface area contributed by atoms with Crippen molar-refractivity contribution in [2.24, 2.45) is 29.2 Å². The van der Waals surface area contributed by atoms with Crippen LogP contribution in [-0.4, -0.2) is 109 Å². The number of methoxy groups -OCH3 is 2. The van der Waals surface area contributed by atoms with Gasteiger partial charge in [-0.25, -0.2) is 4.21 Å². The van der Waals surface area contributed by atoms with E-state index in [0.717, 1.165) is 37.8 Å². The molecule has 3 aromatic rings. The number of nitrogens with zero attached hydrogens (tertiary/aromatic N) is 5. The summed E-state index contributed by atoms with van der Waals surface area (Å²) in [7, 11) is 4.11. The number of halogens is 1. The van der Waals surface area contributed by atoms with E-state index in [1.807, 2.05) is 18.2 Å². The molecule has 1 saturated carbocycles.